The maximum atomic E-state index is 4.47. The summed E-state index contributed by atoms with van der Waals surface area (Å²) in [5, 5.41) is 10.2. The van der Waals surface area contributed by atoms with Crippen LogP contribution in [-0.2, 0) is 6.54 Å². The van der Waals surface area contributed by atoms with E-state index in [4.69, 9.17) is 0 Å². The van der Waals surface area contributed by atoms with Gasteiger partial charge in [0.1, 0.15) is 0 Å². The fourth-order valence-electron chi connectivity index (χ4n) is 2.16. The zero-order valence-corrected chi connectivity index (χ0v) is 14.0. The largest absolute Gasteiger partial charge is 0.309 e. The van der Waals surface area contributed by atoms with Crippen LogP contribution in [0.15, 0.2) is 22.0 Å². The molecule has 0 radical (unpaired) electrons. The van der Waals surface area contributed by atoms with Gasteiger partial charge in [0.25, 0.3) is 0 Å². The summed E-state index contributed by atoms with van der Waals surface area (Å²) in [6.45, 7) is 8.34. The third-order valence-corrected chi connectivity index (χ3v) is 5.19. The fraction of sp³-hybridized carbons (Fsp3) is 0.500. The van der Waals surface area contributed by atoms with Gasteiger partial charge in [-0.3, -0.25) is 4.68 Å². The van der Waals surface area contributed by atoms with Crippen LogP contribution in [0.2, 0.25) is 0 Å². The maximum absolute atomic E-state index is 4.47. The van der Waals surface area contributed by atoms with Gasteiger partial charge < -0.3 is 5.32 Å². The number of hydrogen-bond donors (Lipinski definition) is 1. The number of hydrogen-bond acceptors (Lipinski definition) is 3. The van der Waals surface area contributed by atoms with Gasteiger partial charge in [-0.05, 0) is 67.2 Å². The second-order valence-electron chi connectivity index (χ2n) is 4.81. The Morgan fingerprint density at radius 2 is 2.26 bits per heavy atom. The smallest absolute Gasteiger partial charge is 0.0596 e. The molecule has 0 aliphatic rings. The summed E-state index contributed by atoms with van der Waals surface area (Å²) in [7, 11) is 0. The third-order valence-electron chi connectivity index (χ3n) is 3.14. The van der Waals surface area contributed by atoms with Crippen molar-refractivity contribution in [2.24, 2.45) is 0 Å². The average molecular weight is 342 g/mol. The number of thiophene rings is 1. The Hall–Kier alpha value is -0.650. The highest BCUT2D eigenvalue weighted by Gasteiger charge is 2.09. The molecule has 0 fully saturated rings. The molecule has 0 bridgehead atoms. The Morgan fingerprint density at radius 3 is 2.84 bits per heavy atom. The summed E-state index contributed by atoms with van der Waals surface area (Å²) in [4.78, 5) is 1.37. The van der Waals surface area contributed by atoms with Crippen molar-refractivity contribution in [2.45, 2.75) is 39.8 Å². The second kappa shape index (κ2) is 6.68. The molecule has 0 saturated heterocycles. The molecule has 0 amide bonds. The van der Waals surface area contributed by atoms with Crippen molar-refractivity contribution in [3.8, 4) is 0 Å². The lowest BCUT2D eigenvalue weighted by atomic mass is 10.2. The molecule has 19 heavy (non-hydrogen) atoms. The first-order valence-electron chi connectivity index (χ1n) is 6.55. The van der Waals surface area contributed by atoms with Crippen LogP contribution in [0.1, 0.15) is 35.7 Å². The van der Waals surface area contributed by atoms with Crippen molar-refractivity contribution >= 4 is 27.3 Å². The summed E-state index contributed by atoms with van der Waals surface area (Å²) in [5.74, 6) is 0. The highest BCUT2D eigenvalue weighted by Crippen LogP contribution is 2.28. The first-order chi connectivity index (χ1) is 9.08. The Morgan fingerprint density at radius 1 is 1.47 bits per heavy atom. The van der Waals surface area contributed by atoms with Crippen molar-refractivity contribution in [3.05, 3.63) is 38.3 Å². The van der Waals surface area contributed by atoms with E-state index in [1.54, 1.807) is 11.3 Å². The van der Waals surface area contributed by atoms with Crippen LogP contribution in [-0.4, -0.2) is 16.3 Å². The van der Waals surface area contributed by atoms with Crippen molar-refractivity contribution < 1.29 is 0 Å². The lowest BCUT2D eigenvalue weighted by Gasteiger charge is -2.13. The summed E-state index contributed by atoms with van der Waals surface area (Å²) in [5.41, 5.74) is 2.34. The summed E-state index contributed by atoms with van der Waals surface area (Å²) in [6, 6.07) is 4.63. The van der Waals surface area contributed by atoms with Gasteiger partial charge >= 0.3 is 0 Å². The minimum atomic E-state index is 0.398. The fourth-order valence-corrected chi connectivity index (χ4v) is 3.91. The molecule has 0 aliphatic carbocycles. The third kappa shape index (κ3) is 3.91. The standard InChI is InChI=1S/C14H20BrN3S/c1-10-9-11(2)18(17-10)7-4-6-16-12(3)14-13(15)5-8-19-14/h5,8-9,12,16H,4,6-7H2,1-3H3. The number of aromatic nitrogens is 2. The van der Waals surface area contributed by atoms with Crippen molar-refractivity contribution in [1.82, 2.24) is 15.1 Å². The van der Waals surface area contributed by atoms with E-state index in [2.05, 4.69) is 62.4 Å². The Balaban J connectivity index is 1.75. The molecule has 0 aromatic carbocycles. The molecule has 5 heteroatoms. The van der Waals surface area contributed by atoms with Gasteiger partial charge in [-0.15, -0.1) is 11.3 Å². The monoisotopic (exact) mass is 341 g/mol. The average Bonchev–Trinajstić information content (AvgIpc) is 2.91. The number of rotatable bonds is 6. The van der Waals surface area contributed by atoms with E-state index >= 15 is 0 Å². The predicted molar refractivity (Wildman–Crippen MR) is 84.8 cm³/mol. The van der Waals surface area contributed by atoms with Crippen LogP contribution in [0, 0.1) is 13.8 Å². The van der Waals surface area contributed by atoms with Crippen LogP contribution in [0.3, 0.4) is 0 Å². The molecule has 2 heterocycles. The van der Waals surface area contributed by atoms with Crippen LogP contribution >= 0.6 is 27.3 Å². The lowest BCUT2D eigenvalue weighted by Crippen LogP contribution is -2.21. The van der Waals surface area contributed by atoms with E-state index in [0.29, 0.717) is 6.04 Å². The van der Waals surface area contributed by atoms with Gasteiger partial charge in [0.05, 0.1) is 5.69 Å². The maximum Gasteiger partial charge on any atom is 0.0596 e. The van der Waals surface area contributed by atoms with Crippen LogP contribution in [0.4, 0.5) is 0 Å². The van der Waals surface area contributed by atoms with Gasteiger partial charge in [-0.25, -0.2) is 0 Å². The van der Waals surface area contributed by atoms with E-state index in [1.807, 2.05) is 6.92 Å². The van der Waals surface area contributed by atoms with Crippen LogP contribution < -0.4 is 5.32 Å². The number of aryl methyl sites for hydroxylation is 3. The molecule has 2 aromatic heterocycles. The summed E-state index contributed by atoms with van der Waals surface area (Å²) < 4.78 is 3.29. The predicted octanol–water partition coefficient (Wildman–Crippen LogP) is 4.06. The van der Waals surface area contributed by atoms with E-state index in [9.17, 15) is 0 Å². The van der Waals surface area contributed by atoms with Gasteiger partial charge in [-0.2, -0.15) is 5.10 Å². The highest BCUT2D eigenvalue weighted by atomic mass is 79.9. The SMILES string of the molecule is Cc1cc(C)n(CCCNC(C)c2sccc2Br)n1. The molecule has 0 spiro atoms. The minimum Gasteiger partial charge on any atom is -0.309 e. The van der Waals surface area contributed by atoms with Gasteiger partial charge in [0.15, 0.2) is 0 Å². The van der Waals surface area contributed by atoms with E-state index < -0.39 is 0 Å². The molecule has 0 aliphatic heterocycles. The normalized spacial score (nSPS) is 12.8. The molecular weight excluding hydrogens is 322 g/mol. The Bertz CT molecular complexity index is 533. The zero-order valence-electron chi connectivity index (χ0n) is 11.6. The lowest BCUT2D eigenvalue weighted by molar-refractivity contribution is 0.503. The Labute approximate surface area is 127 Å². The zero-order chi connectivity index (χ0) is 13.8. The summed E-state index contributed by atoms with van der Waals surface area (Å²) in [6.07, 6.45) is 1.09. The van der Waals surface area contributed by atoms with Crippen molar-refractivity contribution in [2.75, 3.05) is 6.54 Å². The molecule has 0 saturated carbocycles. The second-order valence-corrected chi connectivity index (χ2v) is 6.61. The molecule has 104 valence electrons. The van der Waals surface area contributed by atoms with E-state index in [1.165, 1.54) is 15.0 Å². The molecule has 1 unspecified atom stereocenters. The molecule has 2 aromatic rings. The van der Waals surface area contributed by atoms with Gasteiger partial charge in [0.2, 0.25) is 0 Å². The number of nitrogens with one attached hydrogen (secondary N) is 1. The van der Waals surface area contributed by atoms with E-state index in [-0.39, 0.29) is 0 Å². The first-order valence-corrected chi connectivity index (χ1v) is 8.22. The van der Waals surface area contributed by atoms with Crippen molar-refractivity contribution in [3.63, 3.8) is 0 Å². The number of halogens is 1. The van der Waals surface area contributed by atoms with Crippen LogP contribution in [0.5, 0.6) is 0 Å². The quantitative estimate of drug-likeness (QED) is 0.802. The van der Waals surface area contributed by atoms with Gasteiger partial charge in [0, 0.05) is 27.6 Å². The minimum absolute atomic E-state index is 0.398. The molecule has 1 N–H and O–H groups in total. The molecule has 3 nitrogen and oxygen atoms in total. The first kappa shape index (κ1) is 14.8. The van der Waals surface area contributed by atoms with Crippen molar-refractivity contribution in [1.29, 1.82) is 0 Å². The van der Waals surface area contributed by atoms with Gasteiger partial charge in [-0.1, -0.05) is 0 Å². The summed E-state index contributed by atoms with van der Waals surface area (Å²) >= 11 is 5.37. The number of nitrogens with zero attached hydrogens (tertiary/aromatic N) is 2. The highest BCUT2D eigenvalue weighted by molar-refractivity contribution is 9.10. The Kier molecular flexibility index (Phi) is 5.19. The van der Waals surface area contributed by atoms with E-state index in [0.717, 1.165) is 25.2 Å². The molecular formula is C14H20BrN3S. The topological polar surface area (TPSA) is 29.9 Å². The molecule has 1 atom stereocenters. The molecule has 2 rings (SSSR count). The van der Waals surface area contributed by atoms with Crippen LogP contribution in [0.25, 0.3) is 0 Å².